The molecule has 2 aromatic heterocycles. The molecule has 0 amide bonds. The molecular weight excluding hydrogens is 438 g/mol. The zero-order valence-corrected chi connectivity index (χ0v) is 17.7. The van der Waals surface area contributed by atoms with Crippen LogP contribution in [0, 0.1) is 11.6 Å². The molecule has 0 unspecified atom stereocenters. The molecule has 2 aromatic carbocycles. The number of nitrogens with zero attached hydrogens (tertiary/aromatic N) is 2. The van der Waals surface area contributed by atoms with E-state index in [2.05, 4.69) is 19.9 Å². The summed E-state index contributed by atoms with van der Waals surface area (Å²) in [6.07, 6.45) is 1.90. The van der Waals surface area contributed by atoms with E-state index in [0.717, 1.165) is 17.7 Å². The average molecular weight is 456 g/mol. The Labute approximate surface area is 182 Å². The van der Waals surface area contributed by atoms with Crippen molar-refractivity contribution in [2.75, 3.05) is 10.5 Å². The van der Waals surface area contributed by atoms with Crippen LogP contribution in [0.4, 0.5) is 14.5 Å². The van der Waals surface area contributed by atoms with E-state index in [1.807, 2.05) is 30.3 Å². The molecule has 0 aliphatic rings. The smallest absolute Gasteiger partial charge is 0.232 e. The van der Waals surface area contributed by atoms with Gasteiger partial charge in [0.05, 0.1) is 22.4 Å². The minimum atomic E-state index is -3.84. The summed E-state index contributed by atoms with van der Waals surface area (Å²) in [6, 6.07) is 12.7. The zero-order valence-electron chi connectivity index (χ0n) is 16.9. The molecule has 0 radical (unpaired) electrons. The van der Waals surface area contributed by atoms with Crippen LogP contribution in [-0.2, 0) is 10.0 Å². The molecule has 0 saturated heterocycles. The van der Waals surface area contributed by atoms with Crippen molar-refractivity contribution in [2.24, 2.45) is 0 Å². The van der Waals surface area contributed by atoms with E-state index in [1.165, 1.54) is 0 Å². The topological polar surface area (TPSA) is 105 Å². The van der Waals surface area contributed by atoms with Crippen molar-refractivity contribution < 1.29 is 22.0 Å². The number of rotatable bonds is 7. The summed E-state index contributed by atoms with van der Waals surface area (Å²) in [7, 11) is -3.84. The van der Waals surface area contributed by atoms with Crippen molar-refractivity contribution in [2.45, 2.75) is 13.3 Å². The summed E-state index contributed by atoms with van der Waals surface area (Å²) in [5, 5.41) is 6.79. The largest absolute Gasteiger partial charge is 0.287 e. The quantitative estimate of drug-likeness (QED) is 0.404. The van der Waals surface area contributed by atoms with Crippen LogP contribution in [0.2, 0.25) is 0 Å². The highest BCUT2D eigenvalue weighted by atomic mass is 32.2. The first-order valence-corrected chi connectivity index (χ1v) is 11.4. The minimum absolute atomic E-state index is 0.225. The van der Waals surface area contributed by atoms with Crippen molar-refractivity contribution in [3.05, 3.63) is 77.6 Å². The highest BCUT2D eigenvalue weighted by molar-refractivity contribution is 7.92. The lowest BCUT2D eigenvalue weighted by molar-refractivity contribution is 0.102. The fraction of sp³-hybridized carbons (Fsp3) is 0.136. The summed E-state index contributed by atoms with van der Waals surface area (Å²) < 4.78 is 55.6. The van der Waals surface area contributed by atoms with Crippen molar-refractivity contribution >= 4 is 32.5 Å². The van der Waals surface area contributed by atoms with Crippen LogP contribution in [-0.4, -0.2) is 35.1 Å². The molecule has 2 heterocycles. The van der Waals surface area contributed by atoms with E-state index in [9.17, 15) is 17.6 Å². The van der Waals surface area contributed by atoms with Crippen molar-refractivity contribution in [3.8, 4) is 11.1 Å². The number of ketones is 1. The second-order valence-corrected chi connectivity index (χ2v) is 8.93. The molecule has 7 nitrogen and oxygen atoms in total. The first-order valence-electron chi connectivity index (χ1n) is 9.73. The first-order chi connectivity index (χ1) is 15.3. The van der Waals surface area contributed by atoms with Crippen LogP contribution in [0.25, 0.3) is 22.2 Å². The van der Waals surface area contributed by atoms with Gasteiger partial charge in [0, 0.05) is 11.8 Å². The second kappa shape index (κ2) is 8.46. The lowest BCUT2D eigenvalue weighted by Gasteiger charge is -2.11. The molecule has 10 heteroatoms. The molecule has 164 valence electrons. The highest BCUT2D eigenvalue weighted by Gasteiger charge is 2.27. The molecule has 0 atom stereocenters. The Bertz CT molecular complexity index is 1420. The van der Waals surface area contributed by atoms with Gasteiger partial charge in [0.15, 0.2) is 11.5 Å². The lowest BCUT2D eigenvalue weighted by Crippen LogP contribution is -2.18. The van der Waals surface area contributed by atoms with Gasteiger partial charge in [-0.25, -0.2) is 22.2 Å². The van der Waals surface area contributed by atoms with Crippen LogP contribution in [0.3, 0.4) is 0 Å². The van der Waals surface area contributed by atoms with E-state index >= 15 is 4.39 Å². The number of H-pyrrole nitrogens is 1. The number of hydrogen-bond acceptors (Lipinski definition) is 5. The third kappa shape index (κ3) is 4.09. The van der Waals surface area contributed by atoms with E-state index < -0.39 is 38.7 Å². The van der Waals surface area contributed by atoms with Gasteiger partial charge < -0.3 is 0 Å². The van der Waals surface area contributed by atoms with Gasteiger partial charge >= 0.3 is 0 Å². The maximum Gasteiger partial charge on any atom is 0.232 e. The third-order valence-corrected chi connectivity index (χ3v) is 6.27. The average Bonchev–Trinajstić information content (AvgIpc) is 3.19. The zero-order chi connectivity index (χ0) is 22.9. The molecule has 2 N–H and O–H groups in total. The van der Waals surface area contributed by atoms with Gasteiger partial charge in [-0.2, -0.15) is 5.10 Å². The fourth-order valence-electron chi connectivity index (χ4n) is 3.31. The third-order valence-electron chi connectivity index (χ3n) is 4.80. The van der Waals surface area contributed by atoms with Crippen LogP contribution in [0.5, 0.6) is 0 Å². The Morgan fingerprint density at radius 3 is 2.56 bits per heavy atom. The van der Waals surface area contributed by atoms with Gasteiger partial charge in [-0.05, 0) is 30.2 Å². The monoisotopic (exact) mass is 456 g/mol. The molecule has 0 aliphatic heterocycles. The van der Waals surface area contributed by atoms with Gasteiger partial charge in [0.2, 0.25) is 15.8 Å². The van der Waals surface area contributed by atoms with Gasteiger partial charge in [-0.15, -0.1) is 0 Å². The minimum Gasteiger partial charge on any atom is -0.287 e. The summed E-state index contributed by atoms with van der Waals surface area (Å²) in [5.41, 5.74) is 0.165. The maximum absolute atomic E-state index is 15.0. The van der Waals surface area contributed by atoms with Crippen molar-refractivity contribution in [1.29, 1.82) is 0 Å². The molecule has 4 rings (SSSR count). The summed E-state index contributed by atoms with van der Waals surface area (Å²) >= 11 is 0. The number of aromatic nitrogens is 3. The van der Waals surface area contributed by atoms with Gasteiger partial charge in [0.1, 0.15) is 11.5 Å². The number of sulfonamides is 1. The van der Waals surface area contributed by atoms with Crippen LogP contribution >= 0.6 is 0 Å². The number of anilines is 1. The molecule has 0 bridgehead atoms. The van der Waals surface area contributed by atoms with Crippen LogP contribution in [0.1, 0.15) is 29.4 Å². The van der Waals surface area contributed by atoms with E-state index in [1.54, 1.807) is 19.2 Å². The summed E-state index contributed by atoms with van der Waals surface area (Å²) in [4.78, 5) is 17.3. The number of halogens is 2. The lowest BCUT2D eigenvalue weighted by atomic mass is 10.0. The molecule has 0 aliphatic carbocycles. The van der Waals surface area contributed by atoms with Crippen molar-refractivity contribution in [1.82, 2.24) is 15.2 Å². The van der Waals surface area contributed by atoms with Crippen LogP contribution < -0.4 is 4.72 Å². The Kier molecular flexibility index (Phi) is 5.70. The second-order valence-electron chi connectivity index (χ2n) is 7.09. The summed E-state index contributed by atoms with van der Waals surface area (Å²) in [6.45, 7) is 1.65. The number of benzene rings is 2. The Morgan fingerprint density at radius 1 is 1.09 bits per heavy atom. The number of carbonyl (C=O) groups excluding carboxylic acids is 1. The predicted octanol–water partition coefficient (Wildman–Crippen LogP) is 4.29. The molecule has 0 saturated carbocycles. The normalized spacial score (nSPS) is 11.6. The van der Waals surface area contributed by atoms with E-state index in [4.69, 9.17) is 0 Å². The summed E-state index contributed by atoms with van der Waals surface area (Å²) in [5.74, 6) is -3.72. The molecule has 4 aromatic rings. The molecule has 0 fully saturated rings. The van der Waals surface area contributed by atoms with Gasteiger partial charge in [0.25, 0.3) is 0 Å². The van der Waals surface area contributed by atoms with Crippen molar-refractivity contribution in [3.63, 3.8) is 0 Å². The van der Waals surface area contributed by atoms with Gasteiger partial charge in [-0.3, -0.25) is 14.6 Å². The first kappa shape index (κ1) is 21.6. The molecular formula is C22H18F2N4O3S. The maximum atomic E-state index is 15.0. The Balaban J connectivity index is 1.79. The SMILES string of the molecule is CCCS(=O)(=O)Nc1ccc(F)c(C(=O)c2n[nH]c3ncc(-c4ccccc4)cc23)c1F. The number of nitrogens with one attached hydrogen (secondary N) is 2. The molecule has 0 spiro atoms. The Hall–Kier alpha value is -3.66. The number of hydrogen-bond donors (Lipinski definition) is 2. The Morgan fingerprint density at radius 2 is 1.84 bits per heavy atom. The van der Waals surface area contributed by atoms with E-state index in [-0.39, 0.29) is 22.5 Å². The standard InChI is InChI=1S/C22H18F2N4O3S/c1-2-10-32(30,31)28-17-9-8-16(23)18(19(17)24)21(29)20-15-11-14(12-25-22(15)27-26-20)13-6-4-3-5-7-13/h3-9,11-12,28H,2,10H2,1H3,(H,25,26,27). The predicted molar refractivity (Wildman–Crippen MR) is 117 cm³/mol. The highest BCUT2D eigenvalue weighted by Crippen LogP contribution is 2.28. The fourth-order valence-corrected chi connectivity index (χ4v) is 4.44. The number of carbonyl (C=O) groups is 1. The number of fused-ring (bicyclic) bond motifs is 1. The van der Waals surface area contributed by atoms with E-state index in [0.29, 0.717) is 12.0 Å². The number of pyridine rings is 1. The number of aromatic amines is 1. The molecule has 32 heavy (non-hydrogen) atoms. The van der Waals surface area contributed by atoms with Gasteiger partial charge in [-0.1, -0.05) is 37.3 Å². The van der Waals surface area contributed by atoms with Crippen LogP contribution in [0.15, 0.2) is 54.7 Å².